The van der Waals surface area contributed by atoms with Crippen molar-refractivity contribution < 1.29 is 0 Å². The van der Waals surface area contributed by atoms with Crippen LogP contribution in [-0.4, -0.2) is 17.7 Å². The van der Waals surface area contributed by atoms with Crippen LogP contribution in [-0.2, 0) is 0 Å². The van der Waals surface area contributed by atoms with Crippen molar-refractivity contribution >= 4 is 5.71 Å². The molecule has 0 atom stereocenters. The molecule has 0 aliphatic rings. The molecule has 1 aromatic heterocycles. The highest BCUT2D eigenvalue weighted by Crippen LogP contribution is 2.05. The second kappa shape index (κ2) is 4.40. The third kappa shape index (κ3) is 2.40. The van der Waals surface area contributed by atoms with Crippen molar-refractivity contribution in [1.82, 2.24) is 10.3 Å². The van der Waals surface area contributed by atoms with E-state index in [1.165, 1.54) is 0 Å². The largest absolute Gasteiger partial charge is 0.394 e. The molecule has 0 amide bonds. The van der Waals surface area contributed by atoms with E-state index in [4.69, 9.17) is 5.41 Å². The normalized spacial score (nSPS) is 10.3. The predicted molar refractivity (Wildman–Crippen MR) is 54.0 cm³/mol. The Balaban J connectivity index is 2.89. The summed E-state index contributed by atoms with van der Waals surface area (Å²) in [5.41, 5.74) is 2.41. The van der Waals surface area contributed by atoms with Crippen molar-refractivity contribution in [3.8, 4) is 0 Å². The molecule has 0 aliphatic carbocycles. The summed E-state index contributed by atoms with van der Waals surface area (Å²) in [6.07, 6.45) is 6.88. The first-order valence-corrected chi connectivity index (χ1v) is 4.09. The topological polar surface area (TPSA) is 48.8 Å². The number of nitrogens with zero attached hydrogens (tertiary/aromatic N) is 1. The summed E-state index contributed by atoms with van der Waals surface area (Å²) in [5, 5.41) is 10.6. The molecular formula is C10H13N3. The van der Waals surface area contributed by atoms with Crippen molar-refractivity contribution in [3.05, 3.63) is 41.9 Å². The van der Waals surface area contributed by atoms with Gasteiger partial charge in [0.2, 0.25) is 0 Å². The number of rotatable bonds is 3. The Labute approximate surface area is 78.0 Å². The second-order valence-corrected chi connectivity index (χ2v) is 2.73. The number of hydrogen-bond donors (Lipinski definition) is 2. The zero-order valence-electron chi connectivity index (χ0n) is 7.83. The van der Waals surface area contributed by atoms with Crippen molar-refractivity contribution in [2.24, 2.45) is 0 Å². The molecule has 0 saturated heterocycles. The smallest absolute Gasteiger partial charge is 0.0644 e. The van der Waals surface area contributed by atoms with E-state index in [9.17, 15) is 0 Å². The summed E-state index contributed by atoms with van der Waals surface area (Å²) in [5.74, 6) is 0. The minimum Gasteiger partial charge on any atom is -0.394 e. The van der Waals surface area contributed by atoms with Crippen LogP contribution >= 0.6 is 0 Å². The standard InChI is InChI=1S/C10H13N3/c1-8-3-6-13-7-9(8)10(11)4-5-12-2/h3-7,11-12H,1-2H3/b5-4-,11-10?. The SMILES string of the molecule is CN/C=C\C(=N)c1cnccc1C. The van der Waals surface area contributed by atoms with Crippen LogP contribution in [0.25, 0.3) is 0 Å². The highest BCUT2D eigenvalue weighted by atomic mass is 14.8. The van der Waals surface area contributed by atoms with Crippen LogP contribution < -0.4 is 5.32 Å². The molecule has 0 aliphatic heterocycles. The predicted octanol–water partition coefficient (Wildman–Crippen LogP) is 1.49. The van der Waals surface area contributed by atoms with E-state index in [2.05, 4.69) is 10.3 Å². The monoisotopic (exact) mass is 175 g/mol. The van der Waals surface area contributed by atoms with Gasteiger partial charge in [-0.15, -0.1) is 0 Å². The molecule has 68 valence electrons. The molecule has 0 aromatic carbocycles. The number of aryl methyl sites for hydroxylation is 1. The van der Waals surface area contributed by atoms with Gasteiger partial charge in [0.25, 0.3) is 0 Å². The lowest BCUT2D eigenvalue weighted by molar-refractivity contribution is 1.10. The Hall–Kier alpha value is -1.64. The minimum atomic E-state index is 0.472. The van der Waals surface area contributed by atoms with E-state index in [1.807, 2.05) is 13.0 Å². The molecule has 13 heavy (non-hydrogen) atoms. The van der Waals surface area contributed by atoms with Crippen molar-refractivity contribution in [2.75, 3.05) is 7.05 Å². The summed E-state index contributed by atoms with van der Waals surface area (Å²) in [6, 6.07) is 1.90. The highest BCUT2D eigenvalue weighted by molar-refractivity contribution is 6.07. The fraction of sp³-hybridized carbons (Fsp3) is 0.200. The zero-order valence-corrected chi connectivity index (χ0v) is 7.83. The van der Waals surface area contributed by atoms with E-state index < -0.39 is 0 Å². The maximum atomic E-state index is 7.71. The van der Waals surface area contributed by atoms with E-state index in [1.54, 1.807) is 31.7 Å². The van der Waals surface area contributed by atoms with E-state index in [0.717, 1.165) is 11.1 Å². The fourth-order valence-corrected chi connectivity index (χ4v) is 1.00. The summed E-state index contributed by atoms with van der Waals surface area (Å²) in [4.78, 5) is 3.98. The average Bonchev–Trinajstić information content (AvgIpc) is 2.15. The van der Waals surface area contributed by atoms with Gasteiger partial charge < -0.3 is 10.7 Å². The summed E-state index contributed by atoms with van der Waals surface area (Å²) < 4.78 is 0. The summed E-state index contributed by atoms with van der Waals surface area (Å²) in [6.45, 7) is 1.97. The van der Waals surface area contributed by atoms with Crippen LogP contribution in [0.15, 0.2) is 30.7 Å². The van der Waals surface area contributed by atoms with E-state index in [-0.39, 0.29) is 0 Å². The first-order chi connectivity index (χ1) is 6.25. The first kappa shape index (κ1) is 9.45. The maximum Gasteiger partial charge on any atom is 0.0644 e. The Kier molecular flexibility index (Phi) is 3.20. The molecule has 1 heterocycles. The van der Waals surface area contributed by atoms with Gasteiger partial charge in [0.15, 0.2) is 0 Å². The second-order valence-electron chi connectivity index (χ2n) is 2.73. The molecular weight excluding hydrogens is 162 g/mol. The maximum absolute atomic E-state index is 7.71. The molecule has 2 N–H and O–H groups in total. The van der Waals surface area contributed by atoms with E-state index >= 15 is 0 Å². The number of allylic oxidation sites excluding steroid dienone is 1. The van der Waals surface area contributed by atoms with Crippen LogP contribution in [0.1, 0.15) is 11.1 Å². The Morgan fingerprint density at radius 1 is 1.62 bits per heavy atom. The van der Waals surface area contributed by atoms with Gasteiger partial charge in [-0.2, -0.15) is 0 Å². The average molecular weight is 175 g/mol. The lowest BCUT2D eigenvalue weighted by Gasteiger charge is -2.01. The summed E-state index contributed by atoms with van der Waals surface area (Å²) >= 11 is 0. The molecule has 1 aromatic rings. The molecule has 0 spiro atoms. The van der Waals surface area contributed by atoms with Crippen LogP contribution in [0.3, 0.4) is 0 Å². The molecule has 3 heteroatoms. The number of aromatic nitrogens is 1. The van der Waals surface area contributed by atoms with E-state index in [0.29, 0.717) is 5.71 Å². The van der Waals surface area contributed by atoms with Crippen LogP contribution in [0, 0.1) is 12.3 Å². The highest BCUT2D eigenvalue weighted by Gasteiger charge is 2.00. The third-order valence-corrected chi connectivity index (χ3v) is 1.75. The van der Waals surface area contributed by atoms with Crippen molar-refractivity contribution in [1.29, 1.82) is 5.41 Å². The lowest BCUT2D eigenvalue weighted by atomic mass is 10.1. The first-order valence-electron chi connectivity index (χ1n) is 4.09. The minimum absolute atomic E-state index is 0.472. The molecule has 0 bridgehead atoms. The zero-order chi connectivity index (χ0) is 9.68. The van der Waals surface area contributed by atoms with Gasteiger partial charge in [-0.05, 0) is 30.8 Å². The fourth-order valence-electron chi connectivity index (χ4n) is 1.00. The molecule has 0 unspecified atom stereocenters. The Morgan fingerprint density at radius 3 is 3.00 bits per heavy atom. The van der Waals surface area contributed by atoms with Gasteiger partial charge >= 0.3 is 0 Å². The third-order valence-electron chi connectivity index (χ3n) is 1.75. The van der Waals surface area contributed by atoms with Crippen molar-refractivity contribution in [3.63, 3.8) is 0 Å². The molecule has 3 nitrogen and oxygen atoms in total. The number of hydrogen-bond acceptors (Lipinski definition) is 3. The van der Waals surface area contributed by atoms with Gasteiger partial charge in [-0.25, -0.2) is 0 Å². The van der Waals surface area contributed by atoms with Gasteiger partial charge in [-0.3, -0.25) is 4.98 Å². The summed E-state index contributed by atoms with van der Waals surface area (Å²) in [7, 11) is 1.81. The lowest BCUT2D eigenvalue weighted by Crippen LogP contribution is -2.01. The Bertz CT molecular complexity index is 329. The number of nitrogens with one attached hydrogen (secondary N) is 2. The van der Waals surface area contributed by atoms with Crippen molar-refractivity contribution in [2.45, 2.75) is 6.92 Å². The van der Waals surface area contributed by atoms with Crippen LogP contribution in [0.5, 0.6) is 0 Å². The van der Waals surface area contributed by atoms with Gasteiger partial charge in [0.1, 0.15) is 0 Å². The molecule has 0 radical (unpaired) electrons. The Morgan fingerprint density at radius 2 is 2.38 bits per heavy atom. The quantitative estimate of drug-likeness (QED) is 0.684. The van der Waals surface area contributed by atoms with Gasteiger partial charge in [0.05, 0.1) is 5.71 Å². The van der Waals surface area contributed by atoms with Crippen LogP contribution in [0.2, 0.25) is 0 Å². The van der Waals surface area contributed by atoms with Crippen LogP contribution in [0.4, 0.5) is 0 Å². The number of pyridine rings is 1. The molecule has 1 rings (SSSR count). The molecule has 0 fully saturated rings. The van der Waals surface area contributed by atoms with Gasteiger partial charge in [-0.1, -0.05) is 0 Å². The van der Waals surface area contributed by atoms with Gasteiger partial charge in [0, 0.05) is 25.0 Å². The molecule has 0 saturated carbocycles.